The zero-order valence-corrected chi connectivity index (χ0v) is 23.2. The molecule has 194 valence electrons. The van der Waals surface area contributed by atoms with Crippen molar-refractivity contribution >= 4 is 60.1 Å². The maximum Gasteiger partial charge on any atom is 0.159 e. The van der Waals surface area contributed by atoms with Crippen LogP contribution in [-0.4, -0.2) is 23.4 Å². The molecule has 4 aromatic carbocycles. The van der Waals surface area contributed by atoms with Crippen LogP contribution in [0.1, 0.15) is 26.3 Å². The third kappa shape index (κ3) is 3.26. The lowest BCUT2D eigenvalue weighted by Crippen LogP contribution is -2.12. The molecular weight excluding hydrogens is 512 g/mol. The molecule has 0 unspecified atom stereocenters. The molecular formula is C34H26N4OS. The van der Waals surface area contributed by atoms with Gasteiger partial charge >= 0.3 is 0 Å². The first kappa shape index (κ1) is 23.2. The van der Waals surface area contributed by atoms with Gasteiger partial charge in [-0.15, -0.1) is 0 Å². The zero-order valence-electron chi connectivity index (χ0n) is 22.4. The fraction of sp³-hybridized carbons (Fsp3) is 0.118. The smallest absolute Gasteiger partial charge is 0.159 e. The maximum atomic E-state index is 10.6. The summed E-state index contributed by atoms with van der Waals surface area (Å²) < 4.78 is 5.42. The van der Waals surface area contributed by atoms with Gasteiger partial charge in [-0.05, 0) is 59.0 Å². The third-order valence-corrected chi connectivity index (χ3v) is 8.98. The van der Waals surface area contributed by atoms with E-state index in [1.165, 1.54) is 16.3 Å². The highest BCUT2D eigenvalue weighted by molar-refractivity contribution is 7.14. The highest BCUT2D eigenvalue weighted by Crippen LogP contribution is 2.40. The summed E-state index contributed by atoms with van der Waals surface area (Å²) in [4.78, 5) is 9.91. The van der Waals surface area contributed by atoms with Crippen molar-refractivity contribution in [2.24, 2.45) is 0 Å². The number of phenols is 1. The van der Waals surface area contributed by atoms with Gasteiger partial charge in [0.25, 0.3) is 0 Å². The summed E-state index contributed by atoms with van der Waals surface area (Å²) in [6, 6.07) is 31.5. The molecule has 6 heteroatoms. The Labute approximate surface area is 234 Å². The SMILES string of the molecule is CC(C)(C)c1ccnc(-n2c3ccccc3c3ccc(-c4cccc5c4nc4c6c(O)cccc6sn54)cc32)c1. The van der Waals surface area contributed by atoms with Crippen LogP contribution in [0.25, 0.3) is 65.5 Å². The summed E-state index contributed by atoms with van der Waals surface area (Å²) in [7, 11) is 0. The van der Waals surface area contributed by atoms with Gasteiger partial charge in [0.15, 0.2) is 5.65 Å². The van der Waals surface area contributed by atoms with Crippen molar-refractivity contribution in [2.45, 2.75) is 26.2 Å². The minimum Gasteiger partial charge on any atom is -0.507 e. The van der Waals surface area contributed by atoms with E-state index in [1.807, 2.05) is 18.3 Å². The average Bonchev–Trinajstić information content (AvgIpc) is 3.60. The van der Waals surface area contributed by atoms with E-state index >= 15 is 0 Å². The number of imidazole rings is 1. The van der Waals surface area contributed by atoms with Gasteiger partial charge in [-0.1, -0.05) is 80.8 Å². The Morgan fingerprint density at radius 2 is 1.57 bits per heavy atom. The first-order valence-corrected chi connectivity index (χ1v) is 14.2. The van der Waals surface area contributed by atoms with E-state index in [9.17, 15) is 5.11 Å². The molecule has 0 fully saturated rings. The summed E-state index contributed by atoms with van der Waals surface area (Å²) in [5, 5.41) is 13.8. The van der Waals surface area contributed by atoms with E-state index in [0.717, 1.165) is 54.7 Å². The van der Waals surface area contributed by atoms with Crippen LogP contribution >= 0.6 is 11.5 Å². The lowest BCUT2D eigenvalue weighted by atomic mass is 9.88. The Balaban J connectivity index is 1.40. The van der Waals surface area contributed by atoms with E-state index in [0.29, 0.717) is 0 Å². The fourth-order valence-electron chi connectivity index (χ4n) is 5.87. The standard InChI is InChI=1S/C34H26N4OS/c1-34(2,3)21-16-17-35-30(19-21)37-25-10-5-4-8-23(25)24-15-14-20(18-27(24)37)22-9-6-11-26-32(22)36-33-31-28(39)12-7-13-29(31)40-38(26)33/h4-19,39H,1-3H3. The maximum absolute atomic E-state index is 10.6. The van der Waals surface area contributed by atoms with Crippen LogP contribution in [0.4, 0.5) is 0 Å². The van der Waals surface area contributed by atoms with E-state index in [2.05, 4.69) is 102 Å². The minimum absolute atomic E-state index is 0.0177. The molecule has 1 N–H and O–H groups in total. The lowest BCUT2D eigenvalue weighted by Gasteiger charge is -2.20. The van der Waals surface area contributed by atoms with Crippen molar-refractivity contribution < 1.29 is 5.11 Å². The highest BCUT2D eigenvalue weighted by Gasteiger charge is 2.20. The van der Waals surface area contributed by atoms with Crippen LogP contribution < -0.4 is 0 Å². The second kappa shape index (κ2) is 8.16. The average molecular weight is 539 g/mol. The molecule has 0 amide bonds. The number of hydrogen-bond donors (Lipinski definition) is 1. The van der Waals surface area contributed by atoms with Gasteiger partial charge in [-0.25, -0.2) is 13.8 Å². The van der Waals surface area contributed by atoms with Crippen LogP contribution in [0, 0.1) is 0 Å². The molecule has 8 aromatic rings. The van der Waals surface area contributed by atoms with Crippen molar-refractivity contribution in [2.75, 3.05) is 0 Å². The summed E-state index contributed by atoms with van der Waals surface area (Å²) in [6.07, 6.45) is 1.92. The molecule has 0 spiro atoms. The van der Waals surface area contributed by atoms with Gasteiger partial charge in [0.05, 0.1) is 32.2 Å². The number of para-hydroxylation sites is 2. The number of aromatic nitrogens is 4. The second-order valence-electron chi connectivity index (χ2n) is 11.4. The molecule has 5 nitrogen and oxygen atoms in total. The van der Waals surface area contributed by atoms with Crippen molar-refractivity contribution in [3.63, 3.8) is 0 Å². The number of fused-ring (bicyclic) bond motifs is 8. The summed E-state index contributed by atoms with van der Waals surface area (Å²) in [5.74, 6) is 1.18. The minimum atomic E-state index is 0.0177. The topological polar surface area (TPSA) is 55.3 Å². The van der Waals surface area contributed by atoms with Crippen LogP contribution in [-0.2, 0) is 5.41 Å². The molecule has 40 heavy (non-hydrogen) atoms. The highest BCUT2D eigenvalue weighted by atomic mass is 32.1. The predicted octanol–water partition coefficient (Wildman–Crippen LogP) is 8.86. The Morgan fingerprint density at radius 1 is 0.775 bits per heavy atom. The van der Waals surface area contributed by atoms with Gasteiger partial charge in [0, 0.05) is 22.5 Å². The number of benzene rings is 4. The van der Waals surface area contributed by atoms with E-state index in [-0.39, 0.29) is 11.2 Å². The molecule has 0 aliphatic heterocycles. The van der Waals surface area contributed by atoms with Gasteiger partial charge in [-0.3, -0.25) is 4.57 Å². The van der Waals surface area contributed by atoms with E-state index in [4.69, 9.17) is 9.97 Å². The quantitative estimate of drug-likeness (QED) is 0.239. The van der Waals surface area contributed by atoms with Gasteiger partial charge < -0.3 is 5.11 Å². The summed E-state index contributed by atoms with van der Waals surface area (Å²) >= 11 is 1.61. The van der Waals surface area contributed by atoms with Crippen LogP contribution in [0.3, 0.4) is 0 Å². The number of phenolic OH excluding ortho intramolecular Hbond substituents is 1. The Bertz CT molecular complexity index is 2280. The van der Waals surface area contributed by atoms with Gasteiger partial charge in [0.2, 0.25) is 0 Å². The molecule has 0 atom stereocenters. The van der Waals surface area contributed by atoms with Crippen LogP contribution in [0.5, 0.6) is 5.75 Å². The number of pyridine rings is 1. The van der Waals surface area contributed by atoms with E-state index < -0.39 is 0 Å². The Morgan fingerprint density at radius 3 is 2.45 bits per heavy atom. The van der Waals surface area contributed by atoms with Crippen molar-refractivity contribution in [1.29, 1.82) is 0 Å². The number of hydrogen-bond acceptors (Lipinski definition) is 4. The monoisotopic (exact) mass is 538 g/mol. The molecule has 8 rings (SSSR count). The predicted molar refractivity (Wildman–Crippen MR) is 166 cm³/mol. The zero-order chi connectivity index (χ0) is 27.2. The number of aromatic hydroxyl groups is 1. The summed E-state index contributed by atoms with van der Waals surface area (Å²) in [5.41, 5.74) is 8.41. The second-order valence-corrected chi connectivity index (χ2v) is 12.4. The molecule has 0 saturated carbocycles. The van der Waals surface area contributed by atoms with Crippen LogP contribution in [0.2, 0.25) is 0 Å². The van der Waals surface area contributed by atoms with Crippen LogP contribution in [0.15, 0.2) is 97.2 Å². The van der Waals surface area contributed by atoms with Crippen molar-refractivity contribution in [3.8, 4) is 22.7 Å². The van der Waals surface area contributed by atoms with E-state index in [1.54, 1.807) is 17.6 Å². The third-order valence-electron chi connectivity index (χ3n) is 7.89. The molecule has 4 heterocycles. The van der Waals surface area contributed by atoms with Crippen molar-refractivity contribution in [3.05, 3.63) is 103 Å². The summed E-state index contributed by atoms with van der Waals surface area (Å²) in [6.45, 7) is 6.69. The number of rotatable bonds is 2. The van der Waals surface area contributed by atoms with Crippen molar-refractivity contribution in [1.82, 2.24) is 18.3 Å². The Kier molecular flexibility index (Phi) is 4.74. The Hall–Kier alpha value is -4.68. The molecule has 0 saturated heterocycles. The first-order valence-electron chi connectivity index (χ1n) is 13.4. The molecule has 0 aliphatic rings. The molecule has 0 radical (unpaired) electrons. The number of nitrogens with zero attached hydrogens (tertiary/aromatic N) is 4. The normalized spacial score (nSPS) is 12.5. The fourth-order valence-corrected chi connectivity index (χ4v) is 6.96. The first-order chi connectivity index (χ1) is 19.4. The van der Waals surface area contributed by atoms with Gasteiger partial charge in [-0.2, -0.15) is 0 Å². The molecule has 0 aliphatic carbocycles. The van der Waals surface area contributed by atoms with Gasteiger partial charge in [0.1, 0.15) is 11.6 Å². The molecule has 4 aromatic heterocycles. The lowest BCUT2D eigenvalue weighted by molar-refractivity contribution is 0.482. The largest absolute Gasteiger partial charge is 0.507 e. The molecule has 0 bridgehead atoms.